The number of aromatic nitrogens is 1. The van der Waals surface area contributed by atoms with Gasteiger partial charge in [-0.25, -0.2) is 0 Å². The topological polar surface area (TPSA) is 86.6 Å². The number of rotatable bonds is 8. The number of hydrogen-bond acceptors (Lipinski definition) is 5. The van der Waals surface area contributed by atoms with E-state index in [-0.39, 0.29) is 12.4 Å². The van der Waals surface area contributed by atoms with Gasteiger partial charge >= 0.3 is 5.97 Å². The fourth-order valence-corrected chi connectivity index (χ4v) is 4.10. The zero-order valence-electron chi connectivity index (χ0n) is 17.7. The summed E-state index contributed by atoms with van der Waals surface area (Å²) in [5.41, 5.74) is 10.1. The molecule has 1 fully saturated rings. The van der Waals surface area contributed by atoms with Gasteiger partial charge in [0.05, 0.1) is 26.3 Å². The summed E-state index contributed by atoms with van der Waals surface area (Å²) < 4.78 is 16.3. The number of anilines is 1. The van der Waals surface area contributed by atoms with E-state index in [1.807, 2.05) is 18.2 Å². The van der Waals surface area contributed by atoms with Crippen molar-refractivity contribution in [1.29, 1.82) is 0 Å². The van der Waals surface area contributed by atoms with Crippen LogP contribution in [0.3, 0.4) is 0 Å². The predicted octanol–water partition coefficient (Wildman–Crippen LogP) is 5.17. The summed E-state index contributed by atoms with van der Waals surface area (Å²) in [6, 6.07) is 11.4. The van der Waals surface area contributed by atoms with Gasteiger partial charge in [-0.2, -0.15) is 0 Å². The van der Waals surface area contributed by atoms with Crippen molar-refractivity contribution >= 4 is 22.6 Å². The first-order valence-corrected chi connectivity index (χ1v) is 10.4. The van der Waals surface area contributed by atoms with Crippen LogP contribution in [0, 0.1) is 5.92 Å². The molecule has 30 heavy (non-hydrogen) atoms. The highest BCUT2D eigenvalue weighted by Crippen LogP contribution is 2.51. The van der Waals surface area contributed by atoms with Crippen molar-refractivity contribution in [2.24, 2.45) is 5.92 Å². The fourth-order valence-electron chi connectivity index (χ4n) is 4.10. The normalized spacial score (nSPS) is 17.7. The summed E-state index contributed by atoms with van der Waals surface area (Å²) in [6.45, 7) is 2.23. The average Bonchev–Trinajstić information content (AvgIpc) is 3.38. The van der Waals surface area contributed by atoms with E-state index in [1.54, 1.807) is 19.2 Å². The molecule has 0 aliphatic heterocycles. The number of fused-ring (bicyclic) bond motifs is 1. The molecule has 1 aliphatic carbocycles. The highest BCUT2D eigenvalue weighted by Gasteiger charge is 2.38. The van der Waals surface area contributed by atoms with Crippen molar-refractivity contribution in [1.82, 2.24) is 4.98 Å². The second-order valence-corrected chi connectivity index (χ2v) is 7.89. The van der Waals surface area contributed by atoms with Crippen LogP contribution in [0.4, 0.5) is 5.69 Å². The molecular formula is C24H28N2O4. The van der Waals surface area contributed by atoms with E-state index in [0.29, 0.717) is 28.9 Å². The Balaban J connectivity index is 1.58. The maximum absolute atomic E-state index is 11.5. The molecule has 0 spiro atoms. The van der Waals surface area contributed by atoms with Crippen LogP contribution in [0.2, 0.25) is 0 Å². The lowest BCUT2D eigenvalue weighted by Gasteiger charge is -2.13. The number of esters is 1. The summed E-state index contributed by atoms with van der Waals surface area (Å²) in [7, 11) is 2.94. The summed E-state index contributed by atoms with van der Waals surface area (Å²) in [6.07, 6.45) is 3.92. The van der Waals surface area contributed by atoms with E-state index >= 15 is 0 Å². The number of H-pyrrole nitrogens is 1. The molecule has 0 amide bonds. The Kier molecular flexibility index (Phi) is 5.57. The largest absolute Gasteiger partial charge is 0.493 e. The van der Waals surface area contributed by atoms with Crippen LogP contribution in [0.15, 0.2) is 36.4 Å². The van der Waals surface area contributed by atoms with Gasteiger partial charge in [-0.15, -0.1) is 0 Å². The number of methoxy groups -OCH3 is 2. The number of nitrogen functional groups attached to an aromatic ring is 1. The molecule has 0 saturated heterocycles. The third-order valence-electron chi connectivity index (χ3n) is 5.83. The Morgan fingerprint density at radius 2 is 1.93 bits per heavy atom. The monoisotopic (exact) mass is 408 g/mol. The maximum atomic E-state index is 11.5. The lowest BCUT2D eigenvalue weighted by atomic mass is 10.1. The highest BCUT2D eigenvalue weighted by atomic mass is 16.5. The lowest BCUT2D eigenvalue weighted by Crippen LogP contribution is -2.04. The molecule has 1 aromatic heterocycles. The van der Waals surface area contributed by atoms with E-state index in [9.17, 15) is 4.79 Å². The van der Waals surface area contributed by atoms with Gasteiger partial charge in [0.15, 0.2) is 17.2 Å². The third-order valence-corrected chi connectivity index (χ3v) is 5.83. The standard InChI is InChI=1S/C24H28N2O4/c1-4-5-15-12-16(15)19-13-17-18(26-19)7-9-21(24(17)25)30-20-8-6-14(10-22(20)28-2)11-23(27)29-3/h6-10,13,15-16,26H,4-5,11-12,25H2,1-3H3. The van der Waals surface area contributed by atoms with Crippen LogP contribution in [0.25, 0.3) is 10.9 Å². The van der Waals surface area contributed by atoms with Crippen LogP contribution < -0.4 is 15.2 Å². The summed E-state index contributed by atoms with van der Waals surface area (Å²) >= 11 is 0. The van der Waals surface area contributed by atoms with Gasteiger partial charge in [0.25, 0.3) is 0 Å². The van der Waals surface area contributed by atoms with Gasteiger partial charge in [0.1, 0.15) is 0 Å². The van der Waals surface area contributed by atoms with Crippen LogP contribution >= 0.6 is 0 Å². The molecule has 2 unspecified atom stereocenters. The van der Waals surface area contributed by atoms with Gasteiger partial charge in [-0.1, -0.05) is 25.8 Å². The Morgan fingerprint density at radius 1 is 1.13 bits per heavy atom. The molecule has 2 atom stereocenters. The van der Waals surface area contributed by atoms with Crippen LogP contribution in [0.1, 0.15) is 43.4 Å². The Hall–Kier alpha value is -3.15. The van der Waals surface area contributed by atoms with Gasteiger partial charge in [0, 0.05) is 22.5 Å². The first-order chi connectivity index (χ1) is 14.5. The van der Waals surface area contributed by atoms with E-state index < -0.39 is 0 Å². The number of hydrogen-bond donors (Lipinski definition) is 2. The minimum absolute atomic E-state index is 0.174. The number of nitrogens with two attached hydrogens (primary N) is 1. The van der Waals surface area contributed by atoms with Crippen LogP contribution in [-0.4, -0.2) is 25.2 Å². The minimum atomic E-state index is -0.305. The van der Waals surface area contributed by atoms with Gasteiger partial charge in [0.2, 0.25) is 0 Å². The highest BCUT2D eigenvalue weighted by molar-refractivity contribution is 5.95. The number of aromatic amines is 1. The fraction of sp³-hybridized carbons (Fsp3) is 0.375. The molecule has 3 N–H and O–H groups in total. The third kappa shape index (κ3) is 3.95. The van der Waals surface area contributed by atoms with Gasteiger partial charge in [-0.3, -0.25) is 4.79 Å². The molecule has 2 aromatic carbocycles. The summed E-state index contributed by atoms with van der Waals surface area (Å²) in [4.78, 5) is 15.1. The molecule has 1 saturated carbocycles. The smallest absolute Gasteiger partial charge is 0.309 e. The average molecular weight is 408 g/mol. The molecule has 0 bridgehead atoms. The van der Waals surface area contributed by atoms with Crippen molar-refractivity contribution in [2.45, 2.75) is 38.5 Å². The minimum Gasteiger partial charge on any atom is -0.493 e. The van der Waals surface area contributed by atoms with Crippen molar-refractivity contribution in [2.75, 3.05) is 20.0 Å². The first kappa shape index (κ1) is 20.1. The van der Waals surface area contributed by atoms with Gasteiger partial charge in [-0.05, 0) is 48.2 Å². The van der Waals surface area contributed by atoms with Gasteiger partial charge < -0.3 is 24.9 Å². The molecule has 3 aromatic rings. The lowest BCUT2D eigenvalue weighted by molar-refractivity contribution is -0.139. The predicted molar refractivity (Wildman–Crippen MR) is 117 cm³/mol. The van der Waals surface area contributed by atoms with Crippen molar-refractivity contribution in [3.05, 3.63) is 47.7 Å². The molecular weight excluding hydrogens is 380 g/mol. The zero-order chi connectivity index (χ0) is 21.3. The first-order valence-electron chi connectivity index (χ1n) is 10.4. The molecule has 158 valence electrons. The number of benzene rings is 2. The Morgan fingerprint density at radius 3 is 2.67 bits per heavy atom. The molecule has 6 heteroatoms. The van der Waals surface area contributed by atoms with Crippen LogP contribution in [-0.2, 0) is 16.0 Å². The Bertz CT molecular complexity index is 1070. The number of carbonyl (C=O) groups is 1. The maximum Gasteiger partial charge on any atom is 0.309 e. The molecule has 0 radical (unpaired) electrons. The SMILES string of the molecule is CCCC1CC1c1cc2c(N)c(Oc3ccc(CC(=O)OC)cc3OC)ccc2[nH]1. The molecule has 6 nitrogen and oxygen atoms in total. The molecule has 1 aliphatic rings. The second kappa shape index (κ2) is 8.30. The van der Waals surface area contributed by atoms with Crippen LogP contribution in [0.5, 0.6) is 17.2 Å². The molecule has 1 heterocycles. The zero-order valence-corrected chi connectivity index (χ0v) is 17.7. The van der Waals surface area contributed by atoms with E-state index in [4.69, 9.17) is 19.9 Å². The second-order valence-electron chi connectivity index (χ2n) is 7.89. The Labute approximate surface area is 176 Å². The van der Waals surface area contributed by atoms with Crippen molar-refractivity contribution < 1.29 is 19.0 Å². The van der Waals surface area contributed by atoms with E-state index in [0.717, 1.165) is 22.4 Å². The quantitative estimate of drug-likeness (QED) is 0.397. The molecule has 4 rings (SSSR count). The number of ether oxygens (including phenoxy) is 3. The van der Waals surface area contributed by atoms with Crippen molar-refractivity contribution in [3.63, 3.8) is 0 Å². The summed E-state index contributed by atoms with van der Waals surface area (Å²) in [5, 5.41) is 0.978. The van der Waals surface area contributed by atoms with E-state index in [1.165, 1.54) is 32.1 Å². The van der Waals surface area contributed by atoms with Crippen molar-refractivity contribution in [3.8, 4) is 17.2 Å². The van der Waals surface area contributed by atoms with E-state index in [2.05, 4.69) is 18.0 Å². The summed E-state index contributed by atoms with van der Waals surface area (Å²) in [5.74, 6) is 2.74. The number of carbonyl (C=O) groups excluding carboxylic acids is 1. The number of nitrogens with one attached hydrogen (secondary N) is 1.